The van der Waals surface area contributed by atoms with Crippen LogP contribution in [0.2, 0.25) is 5.02 Å². The van der Waals surface area contributed by atoms with Crippen molar-refractivity contribution in [3.8, 4) is 16.9 Å². The maximum Gasteiger partial charge on any atom is 0.272 e. The molecule has 0 saturated carbocycles. The molecule has 2 aliphatic heterocycles. The Morgan fingerprint density at radius 2 is 1.53 bits per heavy atom. The van der Waals surface area contributed by atoms with Crippen molar-refractivity contribution in [2.45, 2.75) is 32.5 Å². The van der Waals surface area contributed by atoms with Gasteiger partial charge in [0.05, 0.1) is 17.9 Å². The van der Waals surface area contributed by atoms with Crippen molar-refractivity contribution in [1.29, 1.82) is 0 Å². The topological polar surface area (TPSA) is 102 Å². The summed E-state index contributed by atoms with van der Waals surface area (Å²) in [6, 6.07) is 29.9. The smallest absolute Gasteiger partial charge is 0.272 e. The minimum absolute atomic E-state index is 0.0141. The van der Waals surface area contributed by atoms with Gasteiger partial charge in [-0.25, -0.2) is 4.99 Å². The van der Waals surface area contributed by atoms with Gasteiger partial charge in [0.15, 0.2) is 0 Å². The molecule has 2 N–H and O–H groups in total. The van der Waals surface area contributed by atoms with Crippen LogP contribution in [0.4, 0.5) is 5.69 Å². The Hall–Kier alpha value is -4.95. The highest BCUT2D eigenvalue weighted by Crippen LogP contribution is 2.33. The van der Waals surface area contributed by atoms with Crippen LogP contribution in [0.15, 0.2) is 102 Å². The Balaban J connectivity index is 1.36. The summed E-state index contributed by atoms with van der Waals surface area (Å²) in [5, 5.41) is 13.4. The van der Waals surface area contributed by atoms with E-state index in [1.165, 1.54) is 6.92 Å². The fourth-order valence-corrected chi connectivity index (χ4v) is 6.06. The molecule has 9 heteroatoms. The van der Waals surface area contributed by atoms with Crippen LogP contribution in [-0.4, -0.2) is 52.7 Å². The first-order valence-electron chi connectivity index (χ1n) is 15.0. The SMILES string of the molecule is CC(=O)N1CCC(C(=O)NC2N=C(c3ccc(O)cc3)c3cc(Cl)ccc3N(Cc3ccc(-c4ccccc4)cc3)C2=O)CC1. The molecular formula is C36H33ClN4O4. The molecular weight excluding hydrogens is 588 g/mol. The van der Waals surface area contributed by atoms with E-state index in [1.807, 2.05) is 54.6 Å². The third-order valence-electron chi connectivity index (χ3n) is 8.40. The summed E-state index contributed by atoms with van der Waals surface area (Å²) in [5.74, 6) is -0.923. The van der Waals surface area contributed by atoms with Crippen LogP contribution in [0, 0.1) is 5.92 Å². The second-order valence-corrected chi connectivity index (χ2v) is 11.8. The highest BCUT2D eigenvalue weighted by Gasteiger charge is 2.35. The molecule has 2 heterocycles. The van der Waals surface area contributed by atoms with Crippen molar-refractivity contribution in [2.24, 2.45) is 10.9 Å². The number of hydrogen-bond acceptors (Lipinski definition) is 5. The number of phenols is 1. The number of carbonyl (C=O) groups excluding carboxylic acids is 3. The van der Waals surface area contributed by atoms with E-state index in [2.05, 4.69) is 5.32 Å². The lowest BCUT2D eigenvalue weighted by Crippen LogP contribution is -2.50. The van der Waals surface area contributed by atoms with Gasteiger partial charge in [0, 0.05) is 42.1 Å². The predicted octanol–water partition coefficient (Wildman–Crippen LogP) is 5.80. The van der Waals surface area contributed by atoms with E-state index in [0.29, 0.717) is 53.5 Å². The number of aliphatic imine (C=N–C) groups is 1. The fraction of sp³-hybridized carbons (Fsp3) is 0.222. The van der Waals surface area contributed by atoms with Crippen LogP contribution in [0.1, 0.15) is 36.5 Å². The Bertz CT molecular complexity index is 1750. The molecule has 0 radical (unpaired) electrons. The molecule has 6 rings (SSSR count). The molecule has 3 amide bonds. The molecule has 2 aliphatic rings. The number of benzodiazepines with no additional fused rings is 1. The van der Waals surface area contributed by atoms with Gasteiger partial charge in [-0.3, -0.25) is 14.4 Å². The van der Waals surface area contributed by atoms with Crippen LogP contribution in [0.5, 0.6) is 5.75 Å². The van der Waals surface area contributed by atoms with Gasteiger partial charge in [-0.05, 0) is 72.0 Å². The van der Waals surface area contributed by atoms with Gasteiger partial charge in [0.25, 0.3) is 5.91 Å². The summed E-state index contributed by atoms with van der Waals surface area (Å²) in [6.45, 7) is 2.74. The third-order valence-corrected chi connectivity index (χ3v) is 8.63. The molecule has 228 valence electrons. The van der Waals surface area contributed by atoms with E-state index in [-0.39, 0.29) is 35.9 Å². The Morgan fingerprint density at radius 3 is 2.20 bits per heavy atom. The zero-order chi connectivity index (χ0) is 31.5. The zero-order valence-corrected chi connectivity index (χ0v) is 25.6. The standard InChI is InChI=1S/C36H33ClN4O4/c1-23(42)40-19-17-28(18-20-40)35(44)39-34-36(45)41(22-24-7-9-26(10-8-24)25-5-3-2-4-6-25)32-16-13-29(37)21-31(32)33(38-34)27-11-14-30(43)15-12-27/h2-16,21,28,34,43H,17-20,22H2,1H3,(H,39,44). The van der Waals surface area contributed by atoms with Crippen molar-refractivity contribution in [2.75, 3.05) is 18.0 Å². The number of aromatic hydroxyl groups is 1. The molecule has 4 aromatic rings. The number of likely N-dealkylation sites (tertiary alicyclic amines) is 1. The molecule has 45 heavy (non-hydrogen) atoms. The van der Waals surface area contributed by atoms with Gasteiger partial charge in [-0.2, -0.15) is 0 Å². The first kappa shape index (κ1) is 30.1. The average molecular weight is 621 g/mol. The van der Waals surface area contributed by atoms with E-state index >= 15 is 0 Å². The molecule has 0 bridgehead atoms. The fourth-order valence-electron chi connectivity index (χ4n) is 5.88. The third kappa shape index (κ3) is 6.61. The van der Waals surface area contributed by atoms with Gasteiger partial charge >= 0.3 is 0 Å². The van der Waals surface area contributed by atoms with E-state index < -0.39 is 6.17 Å². The highest BCUT2D eigenvalue weighted by molar-refractivity contribution is 6.32. The van der Waals surface area contributed by atoms with Gasteiger partial charge in [-0.1, -0.05) is 66.2 Å². The summed E-state index contributed by atoms with van der Waals surface area (Å²) in [7, 11) is 0. The number of carbonyl (C=O) groups is 3. The maximum absolute atomic E-state index is 14.4. The van der Waals surface area contributed by atoms with Crippen LogP contribution in [0.25, 0.3) is 11.1 Å². The van der Waals surface area contributed by atoms with Gasteiger partial charge in [0.2, 0.25) is 18.0 Å². The van der Waals surface area contributed by atoms with E-state index in [9.17, 15) is 19.5 Å². The number of benzene rings is 4. The maximum atomic E-state index is 14.4. The number of anilines is 1. The molecule has 0 spiro atoms. The van der Waals surface area contributed by atoms with Crippen LogP contribution >= 0.6 is 11.6 Å². The first-order chi connectivity index (χ1) is 21.8. The van der Waals surface area contributed by atoms with Crippen molar-refractivity contribution in [3.63, 3.8) is 0 Å². The number of rotatable bonds is 6. The van der Waals surface area contributed by atoms with E-state index in [0.717, 1.165) is 16.7 Å². The van der Waals surface area contributed by atoms with Gasteiger partial charge in [0.1, 0.15) is 5.75 Å². The van der Waals surface area contributed by atoms with Crippen molar-refractivity contribution < 1.29 is 19.5 Å². The van der Waals surface area contributed by atoms with Crippen LogP contribution in [-0.2, 0) is 20.9 Å². The number of phenolic OH excluding ortho intramolecular Hbond substituents is 1. The second kappa shape index (κ2) is 13.0. The number of piperidine rings is 1. The number of fused-ring (bicyclic) bond motifs is 1. The number of amides is 3. The summed E-state index contributed by atoms with van der Waals surface area (Å²) >= 11 is 6.49. The lowest BCUT2D eigenvalue weighted by molar-refractivity contribution is -0.135. The molecule has 1 atom stereocenters. The number of halogens is 1. The minimum atomic E-state index is -1.21. The molecule has 4 aromatic carbocycles. The van der Waals surface area contributed by atoms with Gasteiger partial charge in [-0.15, -0.1) is 0 Å². The normalized spacial score (nSPS) is 16.9. The zero-order valence-electron chi connectivity index (χ0n) is 24.8. The number of nitrogens with zero attached hydrogens (tertiary/aromatic N) is 3. The van der Waals surface area contributed by atoms with Gasteiger partial charge < -0.3 is 20.2 Å². The van der Waals surface area contributed by atoms with E-state index in [1.54, 1.807) is 52.3 Å². The van der Waals surface area contributed by atoms with Crippen LogP contribution < -0.4 is 10.2 Å². The molecule has 1 saturated heterocycles. The second-order valence-electron chi connectivity index (χ2n) is 11.4. The summed E-state index contributed by atoms with van der Waals surface area (Å²) in [5.41, 5.74) is 5.43. The Morgan fingerprint density at radius 1 is 0.889 bits per heavy atom. The largest absolute Gasteiger partial charge is 0.508 e. The Kier molecular flexibility index (Phi) is 8.67. The van der Waals surface area contributed by atoms with Crippen molar-refractivity contribution in [1.82, 2.24) is 10.2 Å². The van der Waals surface area contributed by atoms with E-state index in [4.69, 9.17) is 16.6 Å². The lowest BCUT2D eigenvalue weighted by Gasteiger charge is -2.31. The summed E-state index contributed by atoms with van der Waals surface area (Å²) in [4.78, 5) is 47.9. The highest BCUT2D eigenvalue weighted by atomic mass is 35.5. The number of hydrogen-bond donors (Lipinski definition) is 2. The minimum Gasteiger partial charge on any atom is -0.508 e. The summed E-state index contributed by atoms with van der Waals surface area (Å²) < 4.78 is 0. The monoisotopic (exact) mass is 620 g/mol. The molecule has 1 fully saturated rings. The Labute approximate surface area is 267 Å². The molecule has 0 aromatic heterocycles. The van der Waals surface area contributed by atoms with Crippen molar-refractivity contribution >= 4 is 40.7 Å². The van der Waals surface area contributed by atoms with Crippen molar-refractivity contribution in [3.05, 3.63) is 119 Å². The molecule has 1 unspecified atom stereocenters. The first-order valence-corrected chi connectivity index (χ1v) is 15.3. The van der Waals surface area contributed by atoms with Crippen LogP contribution in [0.3, 0.4) is 0 Å². The average Bonchev–Trinajstić information content (AvgIpc) is 3.16. The number of nitrogens with one attached hydrogen (secondary N) is 1. The lowest BCUT2D eigenvalue weighted by atomic mass is 9.96. The predicted molar refractivity (Wildman–Crippen MR) is 175 cm³/mol. The summed E-state index contributed by atoms with van der Waals surface area (Å²) in [6.07, 6.45) is -0.190. The quantitative estimate of drug-likeness (QED) is 0.285. The molecule has 0 aliphatic carbocycles. The molecule has 8 nitrogen and oxygen atoms in total.